The molecular formula is C12H18BrN3O2S. The van der Waals surface area contributed by atoms with E-state index < -0.39 is 0 Å². The van der Waals surface area contributed by atoms with Gasteiger partial charge in [-0.15, -0.1) is 11.3 Å². The zero-order valence-electron chi connectivity index (χ0n) is 11.4. The Kier molecular flexibility index (Phi) is 5.96. The molecule has 106 valence electrons. The molecular weight excluding hydrogens is 330 g/mol. The van der Waals surface area contributed by atoms with E-state index in [0.29, 0.717) is 0 Å². The first-order valence-electron chi connectivity index (χ1n) is 5.72. The summed E-state index contributed by atoms with van der Waals surface area (Å²) in [5.41, 5.74) is 0. The van der Waals surface area contributed by atoms with Gasteiger partial charge in [0.05, 0.1) is 6.54 Å². The van der Waals surface area contributed by atoms with Gasteiger partial charge in [-0.1, -0.05) is 0 Å². The maximum Gasteiger partial charge on any atom is 0.245 e. The van der Waals surface area contributed by atoms with Gasteiger partial charge in [0.25, 0.3) is 0 Å². The molecule has 0 aliphatic heterocycles. The molecule has 1 aromatic rings. The van der Waals surface area contributed by atoms with Crippen LogP contribution in [-0.2, 0) is 9.59 Å². The van der Waals surface area contributed by atoms with E-state index in [0.717, 1.165) is 9.35 Å². The summed E-state index contributed by atoms with van der Waals surface area (Å²) in [5, 5.41) is 4.45. The number of likely N-dealkylation sites (N-methyl/N-ethyl adjacent to an activating group) is 3. The molecule has 0 aliphatic rings. The molecule has 0 saturated carbocycles. The van der Waals surface area contributed by atoms with Crippen molar-refractivity contribution < 1.29 is 9.59 Å². The average molecular weight is 348 g/mol. The maximum atomic E-state index is 12.4. The van der Waals surface area contributed by atoms with Gasteiger partial charge in [-0.3, -0.25) is 14.5 Å². The van der Waals surface area contributed by atoms with Crippen molar-refractivity contribution in [2.75, 3.05) is 34.7 Å². The monoisotopic (exact) mass is 347 g/mol. The van der Waals surface area contributed by atoms with Crippen LogP contribution in [-0.4, -0.2) is 56.3 Å². The molecule has 2 amide bonds. The van der Waals surface area contributed by atoms with Gasteiger partial charge in [0.2, 0.25) is 11.8 Å². The summed E-state index contributed by atoms with van der Waals surface area (Å²) < 4.78 is 0.959. The number of hydrogen-bond acceptors (Lipinski definition) is 4. The molecule has 1 atom stereocenters. The van der Waals surface area contributed by atoms with Gasteiger partial charge in [0.15, 0.2) is 0 Å². The Labute approximate surface area is 125 Å². The lowest BCUT2D eigenvalue weighted by Crippen LogP contribution is -2.42. The van der Waals surface area contributed by atoms with Crippen LogP contribution in [0.15, 0.2) is 15.9 Å². The number of rotatable bonds is 5. The Bertz CT molecular complexity index is 462. The highest BCUT2D eigenvalue weighted by molar-refractivity contribution is 9.10. The summed E-state index contributed by atoms with van der Waals surface area (Å²) in [7, 11) is 6.89. The topological polar surface area (TPSA) is 52.7 Å². The smallest absolute Gasteiger partial charge is 0.245 e. The van der Waals surface area contributed by atoms with Crippen LogP contribution >= 0.6 is 27.3 Å². The molecule has 1 rings (SSSR count). The molecule has 5 nitrogen and oxygen atoms in total. The standard InChI is InChI=1S/C12H18BrN3O2S/c1-14-10(17)6-16(4)12(18)11(15(2)3)9-5-8(13)7-19-9/h5,7,11H,6H2,1-4H3,(H,14,17)/t11-/m0/s1. The lowest BCUT2D eigenvalue weighted by atomic mass is 10.2. The van der Waals surface area contributed by atoms with Crippen LogP contribution in [0, 0.1) is 0 Å². The van der Waals surface area contributed by atoms with E-state index in [9.17, 15) is 9.59 Å². The van der Waals surface area contributed by atoms with Crippen LogP contribution in [0.5, 0.6) is 0 Å². The zero-order valence-corrected chi connectivity index (χ0v) is 13.8. The molecule has 19 heavy (non-hydrogen) atoms. The van der Waals surface area contributed by atoms with E-state index in [2.05, 4.69) is 21.2 Å². The lowest BCUT2D eigenvalue weighted by molar-refractivity contribution is -0.138. The highest BCUT2D eigenvalue weighted by Gasteiger charge is 2.28. The first-order chi connectivity index (χ1) is 8.86. The Morgan fingerprint density at radius 1 is 1.42 bits per heavy atom. The number of nitrogens with one attached hydrogen (secondary N) is 1. The molecule has 1 N–H and O–H groups in total. The van der Waals surface area contributed by atoms with Crippen molar-refractivity contribution in [2.24, 2.45) is 0 Å². The molecule has 0 radical (unpaired) electrons. The second-order valence-electron chi connectivity index (χ2n) is 4.40. The first kappa shape index (κ1) is 16.1. The van der Waals surface area contributed by atoms with E-state index >= 15 is 0 Å². The highest BCUT2D eigenvalue weighted by Crippen LogP contribution is 2.29. The fourth-order valence-corrected chi connectivity index (χ4v) is 3.28. The molecule has 1 aromatic heterocycles. The van der Waals surface area contributed by atoms with Crippen molar-refractivity contribution in [3.8, 4) is 0 Å². The van der Waals surface area contributed by atoms with Crippen LogP contribution in [0.1, 0.15) is 10.9 Å². The van der Waals surface area contributed by atoms with E-state index in [-0.39, 0.29) is 24.4 Å². The minimum Gasteiger partial charge on any atom is -0.358 e. The van der Waals surface area contributed by atoms with Gasteiger partial charge in [0, 0.05) is 28.8 Å². The Hall–Kier alpha value is -0.920. The summed E-state index contributed by atoms with van der Waals surface area (Å²) in [6, 6.07) is 1.56. The lowest BCUT2D eigenvalue weighted by Gasteiger charge is -2.27. The number of thiophene rings is 1. The second kappa shape index (κ2) is 7.02. The van der Waals surface area contributed by atoms with E-state index in [1.165, 1.54) is 16.2 Å². The molecule has 1 heterocycles. The summed E-state index contributed by atoms with van der Waals surface area (Å²) in [6.07, 6.45) is 0. The predicted octanol–water partition coefficient (Wildman–Crippen LogP) is 1.32. The van der Waals surface area contributed by atoms with Gasteiger partial charge in [-0.05, 0) is 36.1 Å². The number of hydrogen-bond donors (Lipinski definition) is 1. The van der Waals surface area contributed by atoms with Crippen LogP contribution in [0.25, 0.3) is 0 Å². The molecule has 0 unspecified atom stereocenters. The number of carbonyl (C=O) groups is 2. The second-order valence-corrected chi connectivity index (χ2v) is 6.26. The van der Waals surface area contributed by atoms with Crippen LogP contribution in [0.2, 0.25) is 0 Å². The molecule has 0 spiro atoms. The van der Waals surface area contributed by atoms with Gasteiger partial charge in [0.1, 0.15) is 6.04 Å². The SMILES string of the molecule is CNC(=O)CN(C)C(=O)[C@H](c1cc(Br)cs1)N(C)C. The Morgan fingerprint density at radius 3 is 2.47 bits per heavy atom. The Morgan fingerprint density at radius 2 is 2.05 bits per heavy atom. The van der Waals surface area contributed by atoms with Crippen LogP contribution < -0.4 is 5.32 Å². The van der Waals surface area contributed by atoms with Gasteiger partial charge < -0.3 is 10.2 Å². The Balaban J connectivity index is 2.88. The minimum atomic E-state index is -0.369. The van der Waals surface area contributed by atoms with Crippen LogP contribution in [0.3, 0.4) is 0 Å². The number of carbonyl (C=O) groups excluding carboxylic acids is 2. The fourth-order valence-electron chi connectivity index (χ4n) is 1.65. The van der Waals surface area contributed by atoms with Crippen LogP contribution in [0.4, 0.5) is 0 Å². The summed E-state index contributed by atoms with van der Waals surface area (Å²) in [5.74, 6) is -0.274. The highest BCUT2D eigenvalue weighted by atomic mass is 79.9. The third kappa shape index (κ3) is 4.29. The minimum absolute atomic E-state index is 0.0617. The summed E-state index contributed by atoms with van der Waals surface area (Å²) in [6.45, 7) is 0.0617. The van der Waals surface area contributed by atoms with Gasteiger partial charge in [-0.25, -0.2) is 0 Å². The summed E-state index contributed by atoms with van der Waals surface area (Å²) >= 11 is 4.91. The number of halogens is 1. The zero-order chi connectivity index (χ0) is 14.6. The molecule has 7 heteroatoms. The van der Waals surface area contributed by atoms with E-state index in [1.807, 2.05) is 30.4 Å². The average Bonchev–Trinajstić information content (AvgIpc) is 2.74. The molecule has 0 bridgehead atoms. The molecule has 0 aromatic carbocycles. The predicted molar refractivity (Wildman–Crippen MR) is 80.2 cm³/mol. The molecule has 0 fully saturated rings. The van der Waals surface area contributed by atoms with Gasteiger partial charge in [-0.2, -0.15) is 0 Å². The van der Waals surface area contributed by atoms with Crippen molar-refractivity contribution in [3.05, 3.63) is 20.8 Å². The third-order valence-corrected chi connectivity index (χ3v) is 4.39. The van der Waals surface area contributed by atoms with Gasteiger partial charge >= 0.3 is 0 Å². The van der Waals surface area contributed by atoms with Crippen molar-refractivity contribution in [3.63, 3.8) is 0 Å². The largest absolute Gasteiger partial charge is 0.358 e. The maximum absolute atomic E-state index is 12.4. The molecule has 0 aliphatic carbocycles. The summed E-state index contributed by atoms with van der Waals surface area (Å²) in [4.78, 5) is 28.0. The number of amides is 2. The first-order valence-corrected chi connectivity index (χ1v) is 7.40. The normalized spacial score (nSPS) is 12.3. The quantitative estimate of drug-likeness (QED) is 0.873. The fraction of sp³-hybridized carbons (Fsp3) is 0.500. The number of nitrogens with zero attached hydrogens (tertiary/aromatic N) is 2. The van der Waals surface area contributed by atoms with E-state index in [1.54, 1.807) is 14.1 Å². The van der Waals surface area contributed by atoms with Crippen molar-refractivity contribution >= 4 is 39.1 Å². The van der Waals surface area contributed by atoms with E-state index in [4.69, 9.17) is 0 Å². The third-order valence-electron chi connectivity index (χ3n) is 2.64. The van der Waals surface area contributed by atoms with Crippen molar-refractivity contribution in [1.29, 1.82) is 0 Å². The molecule has 0 saturated heterocycles. The van der Waals surface area contributed by atoms with Crippen molar-refractivity contribution in [2.45, 2.75) is 6.04 Å². The van der Waals surface area contributed by atoms with Crippen molar-refractivity contribution in [1.82, 2.24) is 15.1 Å².